The molecule has 0 bridgehead atoms. The van der Waals surface area contributed by atoms with Crippen molar-refractivity contribution >= 4 is 11.5 Å². The molecule has 3 nitrogen and oxygen atoms in total. The van der Waals surface area contributed by atoms with E-state index in [1.807, 2.05) is 0 Å². The molecule has 0 aliphatic rings. The van der Waals surface area contributed by atoms with E-state index in [9.17, 15) is 4.79 Å². The Morgan fingerprint density at radius 3 is 2.12 bits per heavy atom. The first kappa shape index (κ1) is 7.14. The zero-order chi connectivity index (χ0) is 6.57. The molecule has 0 N–H and O–H groups in total. The monoisotopic (exact) mass is 115 g/mol. The van der Waals surface area contributed by atoms with Crippen LogP contribution in [-0.4, -0.2) is 18.6 Å². The molecule has 3 heteroatoms. The Balaban J connectivity index is 3.80. The summed E-state index contributed by atoms with van der Waals surface area (Å²) in [6.45, 7) is 3.05. The molecular formula is C5H9NO2. The minimum Gasteiger partial charge on any atom is -0.399 e. The number of oxime groups is 1. The summed E-state index contributed by atoms with van der Waals surface area (Å²) in [5.41, 5.74) is 0.396. The first-order valence-corrected chi connectivity index (χ1v) is 2.27. The van der Waals surface area contributed by atoms with E-state index in [-0.39, 0.29) is 5.78 Å². The van der Waals surface area contributed by atoms with Gasteiger partial charge < -0.3 is 4.84 Å². The van der Waals surface area contributed by atoms with E-state index < -0.39 is 0 Å². The number of rotatable bonds is 2. The highest BCUT2D eigenvalue weighted by Gasteiger charge is 1.95. The molecule has 0 aromatic rings. The molecule has 0 aromatic carbocycles. The highest BCUT2D eigenvalue weighted by molar-refractivity contribution is 6.37. The van der Waals surface area contributed by atoms with Gasteiger partial charge in [0.25, 0.3) is 0 Å². The van der Waals surface area contributed by atoms with E-state index in [1.165, 1.54) is 14.0 Å². The minimum absolute atomic E-state index is 0.0631. The SMILES string of the molecule is CO/N=C(\C)C(C)=O. The fourth-order valence-corrected chi connectivity index (χ4v) is 0.201. The van der Waals surface area contributed by atoms with Crippen molar-refractivity contribution in [1.82, 2.24) is 0 Å². The summed E-state index contributed by atoms with van der Waals surface area (Å²) in [6.07, 6.45) is 0. The van der Waals surface area contributed by atoms with Crippen LogP contribution in [0.3, 0.4) is 0 Å². The van der Waals surface area contributed by atoms with Crippen molar-refractivity contribution in [3.05, 3.63) is 0 Å². The van der Waals surface area contributed by atoms with Crippen molar-refractivity contribution in [1.29, 1.82) is 0 Å². The lowest BCUT2D eigenvalue weighted by Gasteiger charge is -1.88. The first-order chi connectivity index (χ1) is 3.68. The van der Waals surface area contributed by atoms with Gasteiger partial charge in [-0.1, -0.05) is 5.16 Å². The molecule has 0 heterocycles. The van der Waals surface area contributed by atoms with Gasteiger partial charge in [0.2, 0.25) is 0 Å². The van der Waals surface area contributed by atoms with E-state index in [0.717, 1.165) is 0 Å². The second kappa shape index (κ2) is 3.18. The summed E-state index contributed by atoms with van der Waals surface area (Å²) in [7, 11) is 1.41. The van der Waals surface area contributed by atoms with Crippen molar-refractivity contribution in [3.8, 4) is 0 Å². The van der Waals surface area contributed by atoms with E-state index in [4.69, 9.17) is 0 Å². The third kappa shape index (κ3) is 2.34. The molecule has 0 unspecified atom stereocenters. The lowest BCUT2D eigenvalue weighted by Crippen LogP contribution is -2.03. The van der Waals surface area contributed by atoms with Gasteiger partial charge in [-0.2, -0.15) is 0 Å². The fourth-order valence-electron chi connectivity index (χ4n) is 0.201. The van der Waals surface area contributed by atoms with Crippen LogP contribution in [0.25, 0.3) is 0 Å². The number of carbonyl (C=O) groups excluding carboxylic acids is 1. The van der Waals surface area contributed by atoms with Crippen LogP contribution >= 0.6 is 0 Å². The van der Waals surface area contributed by atoms with E-state index in [2.05, 4.69) is 9.99 Å². The predicted molar refractivity (Wildman–Crippen MR) is 30.8 cm³/mol. The lowest BCUT2D eigenvalue weighted by atomic mass is 10.3. The molecule has 0 radical (unpaired) electrons. The summed E-state index contributed by atoms with van der Waals surface area (Å²) >= 11 is 0. The predicted octanol–water partition coefficient (Wildman–Crippen LogP) is 0.598. The Hall–Kier alpha value is -0.860. The summed E-state index contributed by atoms with van der Waals surface area (Å²) in [5.74, 6) is -0.0631. The lowest BCUT2D eigenvalue weighted by molar-refractivity contribution is -0.111. The van der Waals surface area contributed by atoms with Crippen molar-refractivity contribution in [2.24, 2.45) is 5.16 Å². The largest absolute Gasteiger partial charge is 0.399 e. The Kier molecular flexibility index (Phi) is 2.84. The van der Waals surface area contributed by atoms with Gasteiger partial charge >= 0.3 is 0 Å². The van der Waals surface area contributed by atoms with Crippen LogP contribution in [0, 0.1) is 0 Å². The Morgan fingerprint density at radius 2 is 2.00 bits per heavy atom. The maximum absolute atomic E-state index is 10.3. The zero-order valence-electron chi connectivity index (χ0n) is 5.26. The molecule has 0 aromatic heterocycles. The molecular weight excluding hydrogens is 106 g/mol. The third-order valence-corrected chi connectivity index (χ3v) is 0.738. The Labute approximate surface area is 48.3 Å². The topological polar surface area (TPSA) is 38.7 Å². The van der Waals surface area contributed by atoms with Gasteiger partial charge in [0.15, 0.2) is 5.78 Å². The maximum Gasteiger partial charge on any atom is 0.177 e. The van der Waals surface area contributed by atoms with Gasteiger partial charge in [0.1, 0.15) is 12.8 Å². The van der Waals surface area contributed by atoms with Gasteiger partial charge in [-0.05, 0) is 6.92 Å². The van der Waals surface area contributed by atoms with Crippen LogP contribution in [0.5, 0.6) is 0 Å². The van der Waals surface area contributed by atoms with E-state index in [1.54, 1.807) is 6.92 Å². The molecule has 46 valence electrons. The number of nitrogens with zero attached hydrogens (tertiary/aromatic N) is 1. The van der Waals surface area contributed by atoms with Gasteiger partial charge in [0, 0.05) is 6.92 Å². The second-order valence-electron chi connectivity index (χ2n) is 1.42. The summed E-state index contributed by atoms with van der Waals surface area (Å²) in [5, 5.41) is 3.39. The quantitative estimate of drug-likeness (QED) is 0.390. The average Bonchev–Trinajstić information content (AvgIpc) is 1.67. The van der Waals surface area contributed by atoms with Crippen LogP contribution in [0.15, 0.2) is 5.16 Å². The highest BCUT2D eigenvalue weighted by atomic mass is 16.6. The van der Waals surface area contributed by atoms with Crippen LogP contribution in [0.1, 0.15) is 13.8 Å². The molecule has 8 heavy (non-hydrogen) atoms. The number of ketones is 1. The molecule has 0 saturated heterocycles. The van der Waals surface area contributed by atoms with Crippen LogP contribution in [0.4, 0.5) is 0 Å². The van der Waals surface area contributed by atoms with Crippen LogP contribution in [0.2, 0.25) is 0 Å². The molecule has 0 aliphatic heterocycles. The van der Waals surface area contributed by atoms with Gasteiger partial charge in [0.05, 0.1) is 0 Å². The zero-order valence-corrected chi connectivity index (χ0v) is 5.26. The summed E-state index contributed by atoms with van der Waals surface area (Å²) in [4.78, 5) is 14.7. The van der Waals surface area contributed by atoms with Crippen molar-refractivity contribution in [3.63, 3.8) is 0 Å². The molecule has 0 spiro atoms. The molecule has 0 amide bonds. The average molecular weight is 115 g/mol. The number of hydrogen-bond acceptors (Lipinski definition) is 3. The Bertz CT molecular complexity index is 118. The molecule has 0 saturated carbocycles. The molecule has 0 atom stereocenters. The maximum atomic E-state index is 10.3. The summed E-state index contributed by atoms with van der Waals surface area (Å²) < 4.78 is 0. The van der Waals surface area contributed by atoms with Gasteiger partial charge in [-0.3, -0.25) is 4.79 Å². The standard InChI is InChI=1S/C5H9NO2/c1-4(5(2)7)6-8-3/h1-3H3/b6-4+. The van der Waals surface area contributed by atoms with Crippen molar-refractivity contribution < 1.29 is 9.63 Å². The van der Waals surface area contributed by atoms with Crippen LogP contribution in [-0.2, 0) is 9.63 Å². The highest BCUT2D eigenvalue weighted by Crippen LogP contribution is 1.78. The molecule has 0 aliphatic carbocycles. The normalized spacial score (nSPS) is 11.1. The number of Topliss-reactive ketones (excluding diaryl/α,β-unsaturated/α-hetero) is 1. The number of hydrogen-bond donors (Lipinski definition) is 0. The molecule has 0 fully saturated rings. The van der Waals surface area contributed by atoms with Crippen molar-refractivity contribution in [2.75, 3.05) is 7.11 Å². The second-order valence-corrected chi connectivity index (χ2v) is 1.42. The summed E-state index contributed by atoms with van der Waals surface area (Å²) in [6, 6.07) is 0. The van der Waals surface area contributed by atoms with Crippen molar-refractivity contribution in [2.45, 2.75) is 13.8 Å². The third-order valence-electron chi connectivity index (χ3n) is 0.738. The Morgan fingerprint density at radius 1 is 1.50 bits per heavy atom. The van der Waals surface area contributed by atoms with E-state index >= 15 is 0 Å². The molecule has 0 rings (SSSR count). The smallest absolute Gasteiger partial charge is 0.177 e. The minimum atomic E-state index is -0.0631. The van der Waals surface area contributed by atoms with Gasteiger partial charge in [-0.15, -0.1) is 0 Å². The van der Waals surface area contributed by atoms with Crippen LogP contribution < -0.4 is 0 Å². The van der Waals surface area contributed by atoms with E-state index in [0.29, 0.717) is 5.71 Å². The van der Waals surface area contributed by atoms with Gasteiger partial charge in [-0.25, -0.2) is 0 Å². The first-order valence-electron chi connectivity index (χ1n) is 2.27. The fraction of sp³-hybridized carbons (Fsp3) is 0.600. The number of carbonyl (C=O) groups is 1.